The fraction of sp³-hybridized carbons (Fsp3) is 0.484. The number of halogens is 6. The Hall–Kier alpha value is -4.10. The van der Waals surface area contributed by atoms with Gasteiger partial charge in [-0.1, -0.05) is 12.1 Å². The van der Waals surface area contributed by atoms with Gasteiger partial charge < -0.3 is 20.0 Å². The van der Waals surface area contributed by atoms with Crippen molar-refractivity contribution in [3.05, 3.63) is 69.8 Å². The minimum atomic E-state index is -6.19. The van der Waals surface area contributed by atoms with Crippen molar-refractivity contribution >= 4 is 23.8 Å². The van der Waals surface area contributed by atoms with E-state index in [0.29, 0.717) is 24.3 Å². The van der Waals surface area contributed by atoms with Gasteiger partial charge >= 0.3 is 24.3 Å². The second-order valence-electron chi connectivity index (χ2n) is 11.7. The zero-order chi connectivity index (χ0) is 35.0. The first kappa shape index (κ1) is 37.1. The van der Waals surface area contributed by atoms with Gasteiger partial charge in [0.2, 0.25) is 5.41 Å². The normalized spacial score (nSPS) is 12.7. The first-order chi connectivity index (χ1) is 20.4. The number of hydrogen-bond donors (Lipinski definition) is 2. The van der Waals surface area contributed by atoms with Crippen molar-refractivity contribution in [2.45, 2.75) is 97.3 Å². The molecule has 2 amide bonds. The van der Waals surface area contributed by atoms with Crippen molar-refractivity contribution in [3.8, 4) is 0 Å². The van der Waals surface area contributed by atoms with E-state index in [4.69, 9.17) is 0 Å². The van der Waals surface area contributed by atoms with Gasteiger partial charge in [-0.05, 0) is 90.8 Å². The minimum absolute atomic E-state index is 0.256. The molecule has 0 saturated heterocycles. The largest absolute Gasteiger partial charge is 0.478 e. The molecule has 0 atom stereocenters. The van der Waals surface area contributed by atoms with Crippen molar-refractivity contribution in [2.75, 3.05) is 0 Å². The van der Waals surface area contributed by atoms with E-state index >= 15 is 26.3 Å². The van der Waals surface area contributed by atoms with Gasteiger partial charge in [-0.2, -0.15) is 26.3 Å². The fourth-order valence-electron chi connectivity index (χ4n) is 5.67. The van der Waals surface area contributed by atoms with Crippen LogP contribution in [0.15, 0.2) is 36.4 Å². The molecule has 0 fully saturated rings. The summed E-state index contributed by atoms with van der Waals surface area (Å²) in [6.07, 6.45) is -12.4. The van der Waals surface area contributed by atoms with Gasteiger partial charge in [0.05, 0.1) is 22.3 Å². The number of alkyl halides is 6. The SMILES string of the molecule is CC(C)N(C(=O)c1cc(C(c2ccc(C(=O)O)c(C(=O)N(C(C)C)C(C)C)c2)(C(F)(F)F)C(F)(F)F)ccc1C(=O)O)C(C)C. The summed E-state index contributed by atoms with van der Waals surface area (Å²) in [6.45, 7) is 12.3. The van der Waals surface area contributed by atoms with Crippen LogP contribution in [-0.4, -0.2) is 80.3 Å². The maximum absolute atomic E-state index is 15.1. The van der Waals surface area contributed by atoms with Crippen LogP contribution in [0.2, 0.25) is 0 Å². The molecule has 248 valence electrons. The molecule has 45 heavy (non-hydrogen) atoms. The summed E-state index contributed by atoms with van der Waals surface area (Å²) in [7, 11) is 0. The highest BCUT2D eigenvalue weighted by Gasteiger charge is 2.72. The van der Waals surface area contributed by atoms with E-state index in [1.54, 1.807) is 0 Å². The molecule has 0 aromatic heterocycles. The van der Waals surface area contributed by atoms with E-state index in [1.165, 1.54) is 55.4 Å². The molecular weight excluding hydrogens is 610 g/mol. The standard InChI is InChI=1S/C31H36F6N2O6/c1-15(2)38(16(3)4)25(40)23-13-19(9-11-21(23)27(42)43)29(30(32,33)34,31(35,36)37)20-10-12-22(28(44)45)24(14-20)26(41)39(17(5)6)18(7)8/h9-18H,1-8H3,(H,42,43)(H,44,45). The molecule has 2 aromatic carbocycles. The van der Waals surface area contributed by atoms with Gasteiger partial charge in [-0.3, -0.25) is 9.59 Å². The smallest absolute Gasteiger partial charge is 0.411 e. The van der Waals surface area contributed by atoms with Crippen LogP contribution in [0.4, 0.5) is 26.3 Å². The van der Waals surface area contributed by atoms with Gasteiger partial charge in [0, 0.05) is 24.2 Å². The number of nitrogens with zero attached hydrogens (tertiary/aromatic N) is 2. The number of carboxylic acid groups (broad SMARTS) is 2. The van der Waals surface area contributed by atoms with E-state index in [0.717, 1.165) is 9.80 Å². The van der Waals surface area contributed by atoms with Crippen LogP contribution in [0.3, 0.4) is 0 Å². The predicted octanol–water partition coefficient (Wildman–Crippen LogP) is 7.01. The number of hydrogen-bond acceptors (Lipinski definition) is 4. The van der Waals surface area contributed by atoms with Crippen LogP contribution < -0.4 is 0 Å². The number of aromatic carboxylic acids is 2. The summed E-state index contributed by atoms with van der Waals surface area (Å²) in [4.78, 5) is 53.2. The molecule has 0 bridgehead atoms. The van der Waals surface area contributed by atoms with Crippen LogP contribution in [0, 0.1) is 0 Å². The van der Waals surface area contributed by atoms with Crippen molar-refractivity contribution in [2.24, 2.45) is 0 Å². The number of benzene rings is 2. The van der Waals surface area contributed by atoms with E-state index in [2.05, 4.69) is 0 Å². The van der Waals surface area contributed by atoms with Crippen molar-refractivity contribution in [1.29, 1.82) is 0 Å². The van der Waals surface area contributed by atoms with Crippen molar-refractivity contribution in [1.82, 2.24) is 9.80 Å². The number of carbonyl (C=O) groups is 4. The monoisotopic (exact) mass is 646 g/mol. The molecule has 0 saturated carbocycles. The van der Waals surface area contributed by atoms with Crippen molar-refractivity contribution < 1.29 is 55.7 Å². The van der Waals surface area contributed by atoms with Gasteiger partial charge in [-0.15, -0.1) is 0 Å². The molecule has 2 rings (SSSR count). The molecule has 0 aliphatic heterocycles. The highest BCUT2D eigenvalue weighted by Crippen LogP contribution is 2.56. The topological polar surface area (TPSA) is 115 Å². The lowest BCUT2D eigenvalue weighted by atomic mass is 9.71. The lowest BCUT2D eigenvalue weighted by Crippen LogP contribution is -2.55. The highest BCUT2D eigenvalue weighted by atomic mass is 19.4. The second kappa shape index (κ2) is 13.1. The average Bonchev–Trinajstić information content (AvgIpc) is 2.86. The molecule has 0 aliphatic carbocycles. The number of carboxylic acids is 2. The molecule has 8 nitrogen and oxygen atoms in total. The first-order valence-electron chi connectivity index (χ1n) is 14.0. The van der Waals surface area contributed by atoms with Gasteiger partial charge in [-0.25, -0.2) is 9.59 Å². The summed E-state index contributed by atoms with van der Waals surface area (Å²) in [5.41, 5.74) is -11.5. The lowest BCUT2D eigenvalue weighted by Gasteiger charge is -2.39. The third kappa shape index (κ3) is 6.79. The molecule has 2 N–H and O–H groups in total. The summed E-state index contributed by atoms with van der Waals surface area (Å²) in [5, 5.41) is 19.4. The third-order valence-corrected chi connectivity index (χ3v) is 7.37. The molecule has 14 heteroatoms. The Morgan fingerprint density at radius 2 is 0.800 bits per heavy atom. The Bertz CT molecular complexity index is 1340. The minimum Gasteiger partial charge on any atom is -0.478 e. The molecule has 0 unspecified atom stereocenters. The van der Waals surface area contributed by atoms with Gasteiger partial charge in [0.15, 0.2) is 0 Å². The van der Waals surface area contributed by atoms with Crippen LogP contribution in [0.25, 0.3) is 0 Å². The lowest BCUT2D eigenvalue weighted by molar-refractivity contribution is -0.288. The zero-order valence-corrected chi connectivity index (χ0v) is 26.0. The van der Waals surface area contributed by atoms with Crippen LogP contribution in [0.5, 0.6) is 0 Å². The molecule has 0 aliphatic rings. The molecule has 2 aromatic rings. The van der Waals surface area contributed by atoms with Crippen LogP contribution >= 0.6 is 0 Å². The summed E-state index contributed by atoms with van der Waals surface area (Å²) >= 11 is 0. The Morgan fingerprint density at radius 3 is 1.00 bits per heavy atom. The third-order valence-electron chi connectivity index (χ3n) is 7.37. The summed E-state index contributed by atoms with van der Waals surface area (Å²) < 4.78 is 90.7. The highest BCUT2D eigenvalue weighted by molar-refractivity contribution is 6.06. The summed E-state index contributed by atoms with van der Waals surface area (Å²) in [5.74, 6) is -5.75. The molecule has 0 heterocycles. The predicted molar refractivity (Wildman–Crippen MR) is 153 cm³/mol. The number of carbonyl (C=O) groups excluding carboxylic acids is 2. The van der Waals surface area contributed by atoms with Gasteiger partial charge in [0.1, 0.15) is 0 Å². The van der Waals surface area contributed by atoms with Crippen LogP contribution in [0.1, 0.15) is 108 Å². The first-order valence-corrected chi connectivity index (χ1v) is 14.0. The maximum atomic E-state index is 15.1. The van der Waals surface area contributed by atoms with Gasteiger partial charge in [0.25, 0.3) is 11.8 Å². The maximum Gasteiger partial charge on any atom is 0.411 e. The number of rotatable bonds is 10. The molecular formula is C31H36F6N2O6. The number of amides is 2. The Morgan fingerprint density at radius 1 is 0.533 bits per heavy atom. The quantitative estimate of drug-likeness (QED) is 0.269. The van der Waals surface area contributed by atoms with E-state index in [9.17, 15) is 29.4 Å². The Labute approximate surface area is 256 Å². The van der Waals surface area contributed by atoms with Crippen LogP contribution in [-0.2, 0) is 5.41 Å². The zero-order valence-electron chi connectivity index (χ0n) is 26.0. The fourth-order valence-corrected chi connectivity index (χ4v) is 5.67. The van der Waals surface area contributed by atoms with E-state index in [1.807, 2.05) is 0 Å². The van der Waals surface area contributed by atoms with Crippen molar-refractivity contribution in [3.63, 3.8) is 0 Å². The second-order valence-corrected chi connectivity index (χ2v) is 11.7. The molecule has 0 radical (unpaired) electrons. The average molecular weight is 647 g/mol. The Balaban J connectivity index is 3.17. The van der Waals surface area contributed by atoms with E-state index in [-0.39, 0.29) is 12.1 Å². The molecule has 0 spiro atoms. The van der Waals surface area contributed by atoms with E-state index < -0.39 is 99.1 Å². The Kier molecular flexibility index (Phi) is 10.8. The summed E-state index contributed by atoms with van der Waals surface area (Å²) in [6, 6.07) is -0.314.